The van der Waals surface area contributed by atoms with Crippen LogP contribution in [0, 0.1) is 5.82 Å². The van der Waals surface area contributed by atoms with Crippen molar-refractivity contribution in [2.45, 2.75) is 19.8 Å². The van der Waals surface area contributed by atoms with Gasteiger partial charge in [0.05, 0.1) is 6.61 Å². The van der Waals surface area contributed by atoms with Gasteiger partial charge in [-0.15, -0.1) is 0 Å². The van der Waals surface area contributed by atoms with Crippen LogP contribution in [-0.2, 0) is 0 Å². The summed E-state index contributed by atoms with van der Waals surface area (Å²) in [5.41, 5.74) is 0. The summed E-state index contributed by atoms with van der Waals surface area (Å²) in [5, 5.41) is 2.85. The maximum Gasteiger partial charge on any atom is 0.317 e. The summed E-state index contributed by atoms with van der Waals surface area (Å²) in [4.78, 5) is 16.1. The average Bonchev–Trinajstić information content (AvgIpc) is 2.79. The van der Waals surface area contributed by atoms with Gasteiger partial charge in [0.25, 0.3) is 0 Å². The molecular formula is C17H26FN3O2. The van der Waals surface area contributed by atoms with E-state index in [0.717, 1.165) is 45.6 Å². The number of carbonyl (C=O) groups excluding carboxylic acids is 1. The third-order valence-corrected chi connectivity index (χ3v) is 3.90. The summed E-state index contributed by atoms with van der Waals surface area (Å²) < 4.78 is 18.4. The number of benzene rings is 1. The fraction of sp³-hybridized carbons (Fsp3) is 0.588. The van der Waals surface area contributed by atoms with Gasteiger partial charge in [0.1, 0.15) is 11.6 Å². The van der Waals surface area contributed by atoms with Crippen LogP contribution >= 0.6 is 0 Å². The van der Waals surface area contributed by atoms with E-state index in [1.54, 1.807) is 12.1 Å². The highest BCUT2D eigenvalue weighted by molar-refractivity contribution is 5.74. The van der Waals surface area contributed by atoms with E-state index in [4.69, 9.17) is 4.74 Å². The number of nitrogens with zero attached hydrogens (tertiary/aromatic N) is 2. The van der Waals surface area contributed by atoms with E-state index in [9.17, 15) is 9.18 Å². The van der Waals surface area contributed by atoms with Crippen LogP contribution in [-0.4, -0.2) is 61.7 Å². The Kier molecular flexibility index (Phi) is 7.13. The van der Waals surface area contributed by atoms with Crippen LogP contribution in [0.3, 0.4) is 0 Å². The van der Waals surface area contributed by atoms with Crippen molar-refractivity contribution in [3.8, 4) is 5.75 Å². The molecule has 0 radical (unpaired) electrons. The number of carbonyl (C=O) groups is 1. The monoisotopic (exact) mass is 323 g/mol. The molecule has 0 saturated carbocycles. The van der Waals surface area contributed by atoms with Crippen LogP contribution in [0.25, 0.3) is 0 Å². The molecule has 1 aliphatic rings. The van der Waals surface area contributed by atoms with Gasteiger partial charge in [0.15, 0.2) is 0 Å². The van der Waals surface area contributed by atoms with E-state index in [1.165, 1.54) is 12.1 Å². The minimum atomic E-state index is -0.251. The molecule has 2 rings (SSSR count). The van der Waals surface area contributed by atoms with Crippen molar-refractivity contribution in [2.75, 3.05) is 45.9 Å². The van der Waals surface area contributed by atoms with Crippen molar-refractivity contribution >= 4 is 6.03 Å². The van der Waals surface area contributed by atoms with Gasteiger partial charge in [-0.2, -0.15) is 0 Å². The van der Waals surface area contributed by atoms with Crippen LogP contribution in [0.2, 0.25) is 0 Å². The van der Waals surface area contributed by atoms with Crippen LogP contribution in [0.15, 0.2) is 24.3 Å². The average molecular weight is 323 g/mol. The Morgan fingerprint density at radius 2 is 2.00 bits per heavy atom. The molecule has 1 saturated heterocycles. The number of hydrogen-bond acceptors (Lipinski definition) is 3. The third kappa shape index (κ3) is 6.06. The Bertz CT molecular complexity index is 481. The van der Waals surface area contributed by atoms with Crippen LogP contribution in [0.1, 0.15) is 19.8 Å². The molecule has 0 spiro atoms. The van der Waals surface area contributed by atoms with Gasteiger partial charge in [-0.25, -0.2) is 9.18 Å². The molecule has 2 amide bonds. The second-order valence-corrected chi connectivity index (χ2v) is 5.67. The molecule has 0 atom stereocenters. The maximum absolute atomic E-state index is 12.8. The van der Waals surface area contributed by atoms with E-state index in [0.29, 0.717) is 18.9 Å². The van der Waals surface area contributed by atoms with Crippen molar-refractivity contribution in [1.82, 2.24) is 15.1 Å². The topological polar surface area (TPSA) is 44.8 Å². The third-order valence-electron chi connectivity index (χ3n) is 3.90. The normalized spacial score (nSPS) is 16.0. The van der Waals surface area contributed by atoms with E-state index < -0.39 is 0 Å². The molecule has 6 heteroatoms. The highest BCUT2D eigenvalue weighted by Crippen LogP contribution is 2.11. The Morgan fingerprint density at radius 1 is 1.22 bits per heavy atom. The molecule has 1 heterocycles. The zero-order valence-corrected chi connectivity index (χ0v) is 13.8. The number of halogens is 1. The smallest absolute Gasteiger partial charge is 0.317 e. The standard InChI is InChI=1S/C17H26FN3O2/c1-2-19-17(22)21-11-3-9-20(12-13-21)10-4-14-23-16-7-5-15(18)6-8-16/h5-8H,2-4,9-14H2,1H3,(H,19,22). The molecule has 1 aromatic rings. The summed E-state index contributed by atoms with van der Waals surface area (Å²) in [7, 11) is 0. The molecule has 0 unspecified atom stereocenters. The predicted octanol–water partition coefficient (Wildman–Crippen LogP) is 2.33. The minimum Gasteiger partial charge on any atom is -0.494 e. The number of rotatable bonds is 6. The molecule has 0 aromatic heterocycles. The molecule has 0 bridgehead atoms. The number of nitrogens with one attached hydrogen (secondary N) is 1. The van der Waals surface area contributed by atoms with Crippen LogP contribution < -0.4 is 10.1 Å². The predicted molar refractivity (Wildman–Crippen MR) is 88.2 cm³/mol. The van der Waals surface area contributed by atoms with E-state index in [-0.39, 0.29) is 11.8 Å². The highest BCUT2D eigenvalue weighted by atomic mass is 19.1. The number of ether oxygens (including phenoxy) is 1. The van der Waals surface area contributed by atoms with Crippen molar-refractivity contribution in [3.63, 3.8) is 0 Å². The van der Waals surface area contributed by atoms with E-state index >= 15 is 0 Å². The number of amides is 2. The summed E-state index contributed by atoms with van der Waals surface area (Å²) in [6.07, 6.45) is 1.91. The lowest BCUT2D eigenvalue weighted by Crippen LogP contribution is -2.42. The summed E-state index contributed by atoms with van der Waals surface area (Å²) >= 11 is 0. The molecule has 5 nitrogen and oxygen atoms in total. The maximum atomic E-state index is 12.8. The summed E-state index contributed by atoms with van der Waals surface area (Å²) in [5.74, 6) is 0.447. The van der Waals surface area contributed by atoms with Crippen LogP contribution in [0.4, 0.5) is 9.18 Å². The first-order valence-electron chi connectivity index (χ1n) is 8.32. The molecule has 23 heavy (non-hydrogen) atoms. The largest absolute Gasteiger partial charge is 0.494 e. The van der Waals surface area contributed by atoms with E-state index in [2.05, 4.69) is 10.2 Å². The van der Waals surface area contributed by atoms with Crippen molar-refractivity contribution in [2.24, 2.45) is 0 Å². The lowest BCUT2D eigenvalue weighted by molar-refractivity contribution is 0.197. The second-order valence-electron chi connectivity index (χ2n) is 5.67. The van der Waals surface area contributed by atoms with Gasteiger partial charge < -0.3 is 19.9 Å². The van der Waals surface area contributed by atoms with Gasteiger partial charge in [-0.1, -0.05) is 0 Å². The highest BCUT2D eigenvalue weighted by Gasteiger charge is 2.18. The fourth-order valence-electron chi connectivity index (χ4n) is 2.67. The zero-order valence-electron chi connectivity index (χ0n) is 13.8. The van der Waals surface area contributed by atoms with Gasteiger partial charge in [-0.3, -0.25) is 0 Å². The first-order chi connectivity index (χ1) is 11.2. The minimum absolute atomic E-state index is 0.0361. The molecule has 1 N–H and O–H groups in total. The molecule has 0 aliphatic carbocycles. The Morgan fingerprint density at radius 3 is 2.74 bits per heavy atom. The van der Waals surface area contributed by atoms with E-state index in [1.807, 2.05) is 11.8 Å². The molecule has 1 aliphatic heterocycles. The SMILES string of the molecule is CCNC(=O)N1CCCN(CCCOc2ccc(F)cc2)CC1. The van der Waals surface area contributed by atoms with Crippen molar-refractivity contribution in [1.29, 1.82) is 0 Å². The Labute approximate surface area is 137 Å². The summed E-state index contributed by atoms with van der Waals surface area (Å²) in [6, 6.07) is 6.13. The van der Waals surface area contributed by atoms with Gasteiger partial charge in [-0.05, 0) is 50.6 Å². The summed E-state index contributed by atoms with van der Waals surface area (Å²) in [6.45, 7) is 7.65. The molecule has 1 aromatic carbocycles. The number of urea groups is 1. The first kappa shape index (κ1) is 17.5. The molecule has 128 valence electrons. The lowest BCUT2D eigenvalue weighted by Gasteiger charge is -2.22. The van der Waals surface area contributed by atoms with Gasteiger partial charge in [0.2, 0.25) is 0 Å². The number of hydrogen-bond donors (Lipinski definition) is 1. The second kappa shape index (κ2) is 9.35. The zero-order chi connectivity index (χ0) is 16.5. The Hall–Kier alpha value is -1.82. The Balaban J connectivity index is 1.64. The molecule has 1 fully saturated rings. The van der Waals surface area contributed by atoms with Crippen LogP contribution in [0.5, 0.6) is 5.75 Å². The first-order valence-corrected chi connectivity index (χ1v) is 8.32. The fourth-order valence-corrected chi connectivity index (χ4v) is 2.67. The van der Waals surface area contributed by atoms with Crippen molar-refractivity contribution < 1.29 is 13.9 Å². The van der Waals surface area contributed by atoms with Gasteiger partial charge in [0, 0.05) is 32.7 Å². The van der Waals surface area contributed by atoms with Crippen molar-refractivity contribution in [3.05, 3.63) is 30.1 Å². The molecular weight excluding hydrogens is 297 g/mol. The van der Waals surface area contributed by atoms with Gasteiger partial charge >= 0.3 is 6.03 Å². The lowest BCUT2D eigenvalue weighted by atomic mass is 10.3. The quantitative estimate of drug-likeness (QED) is 0.817.